The summed E-state index contributed by atoms with van der Waals surface area (Å²) in [6.07, 6.45) is 2.94. The lowest BCUT2D eigenvalue weighted by atomic mass is 10.2. The summed E-state index contributed by atoms with van der Waals surface area (Å²) < 4.78 is 10.5. The average molecular weight is 265 g/mol. The normalized spacial score (nSPS) is 18.2. The number of nitrogens with zero attached hydrogens (tertiary/aromatic N) is 1. The number of esters is 1. The Hall–Kier alpha value is -1.95. The molecule has 19 heavy (non-hydrogen) atoms. The van der Waals surface area contributed by atoms with Crippen molar-refractivity contribution in [2.75, 3.05) is 13.2 Å². The van der Waals surface area contributed by atoms with E-state index in [2.05, 4.69) is 0 Å². The van der Waals surface area contributed by atoms with Gasteiger partial charge in [0.2, 0.25) is 0 Å². The van der Waals surface area contributed by atoms with Gasteiger partial charge in [-0.15, -0.1) is 0 Å². The molecule has 0 aliphatic carbocycles. The van der Waals surface area contributed by atoms with Gasteiger partial charge in [-0.2, -0.15) is 0 Å². The third-order valence-corrected chi connectivity index (χ3v) is 3.01. The lowest BCUT2D eigenvalue weighted by Crippen LogP contribution is -2.12. The standard InChI is InChI=1S/C13H15NO5/c15-13(19-9-7-12-2-1-8-18-12)10-3-5-11(6-4-10)14(16)17/h3-6,12H,1-2,7-9H2. The van der Waals surface area contributed by atoms with E-state index in [9.17, 15) is 14.9 Å². The van der Waals surface area contributed by atoms with Gasteiger partial charge in [0, 0.05) is 25.2 Å². The molecule has 0 radical (unpaired) electrons. The van der Waals surface area contributed by atoms with Crippen LogP contribution in [0.1, 0.15) is 29.6 Å². The van der Waals surface area contributed by atoms with Gasteiger partial charge in [-0.3, -0.25) is 10.1 Å². The number of nitro benzene ring substituents is 1. The maximum absolute atomic E-state index is 11.7. The highest BCUT2D eigenvalue weighted by atomic mass is 16.6. The van der Waals surface area contributed by atoms with Crippen molar-refractivity contribution >= 4 is 11.7 Å². The second-order valence-corrected chi connectivity index (χ2v) is 4.36. The van der Waals surface area contributed by atoms with E-state index in [1.807, 2.05) is 0 Å². The molecule has 1 aliphatic rings. The van der Waals surface area contributed by atoms with Crippen LogP contribution in [0.25, 0.3) is 0 Å². The van der Waals surface area contributed by atoms with Gasteiger partial charge in [-0.25, -0.2) is 4.79 Å². The van der Waals surface area contributed by atoms with E-state index in [1.54, 1.807) is 0 Å². The number of ether oxygens (including phenoxy) is 2. The number of benzene rings is 1. The average Bonchev–Trinajstić information content (AvgIpc) is 2.92. The summed E-state index contributed by atoms with van der Waals surface area (Å²) in [5, 5.41) is 10.5. The number of carbonyl (C=O) groups excluding carboxylic acids is 1. The summed E-state index contributed by atoms with van der Waals surface area (Å²) in [5.41, 5.74) is 0.272. The van der Waals surface area contributed by atoms with Crippen molar-refractivity contribution < 1.29 is 19.2 Å². The van der Waals surface area contributed by atoms with E-state index < -0.39 is 10.9 Å². The first-order valence-electron chi connectivity index (χ1n) is 6.20. The number of carbonyl (C=O) groups is 1. The molecule has 1 aromatic rings. The molecule has 0 aromatic heterocycles. The van der Waals surface area contributed by atoms with Gasteiger partial charge >= 0.3 is 5.97 Å². The topological polar surface area (TPSA) is 78.7 Å². The molecule has 1 aromatic carbocycles. The summed E-state index contributed by atoms with van der Waals surface area (Å²) in [6.45, 7) is 1.08. The van der Waals surface area contributed by atoms with E-state index in [0.717, 1.165) is 19.4 Å². The van der Waals surface area contributed by atoms with Crippen molar-refractivity contribution in [3.63, 3.8) is 0 Å². The Balaban J connectivity index is 1.80. The highest BCUT2D eigenvalue weighted by Crippen LogP contribution is 2.16. The van der Waals surface area contributed by atoms with Crippen molar-refractivity contribution in [2.24, 2.45) is 0 Å². The zero-order valence-electron chi connectivity index (χ0n) is 10.4. The minimum absolute atomic E-state index is 0.0455. The van der Waals surface area contributed by atoms with Gasteiger partial charge in [-0.1, -0.05) is 0 Å². The van der Waals surface area contributed by atoms with E-state index >= 15 is 0 Å². The summed E-state index contributed by atoms with van der Waals surface area (Å²) >= 11 is 0. The van der Waals surface area contributed by atoms with Gasteiger partial charge in [0.15, 0.2) is 0 Å². The molecule has 0 amide bonds. The number of hydrogen-bond donors (Lipinski definition) is 0. The van der Waals surface area contributed by atoms with E-state index in [4.69, 9.17) is 9.47 Å². The zero-order valence-corrected chi connectivity index (χ0v) is 10.4. The summed E-state index contributed by atoms with van der Waals surface area (Å²) in [5.74, 6) is -0.465. The minimum atomic E-state index is -0.507. The molecule has 0 bridgehead atoms. The minimum Gasteiger partial charge on any atom is -0.462 e. The van der Waals surface area contributed by atoms with Crippen LogP contribution in [0.5, 0.6) is 0 Å². The molecule has 102 valence electrons. The van der Waals surface area contributed by atoms with Crippen LogP contribution in [0.2, 0.25) is 0 Å². The third kappa shape index (κ3) is 3.75. The number of rotatable bonds is 5. The Kier molecular flexibility index (Phi) is 4.46. The fourth-order valence-electron chi connectivity index (χ4n) is 1.96. The molecule has 6 heteroatoms. The summed E-state index contributed by atoms with van der Waals surface area (Å²) in [4.78, 5) is 21.6. The quantitative estimate of drug-likeness (QED) is 0.463. The van der Waals surface area contributed by atoms with Crippen molar-refractivity contribution in [3.8, 4) is 0 Å². The largest absolute Gasteiger partial charge is 0.462 e. The Labute approximate surface area is 110 Å². The van der Waals surface area contributed by atoms with Gasteiger partial charge in [0.05, 0.1) is 23.2 Å². The molecular weight excluding hydrogens is 250 g/mol. The molecule has 1 unspecified atom stereocenters. The lowest BCUT2D eigenvalue weighted by molar-refractivity contribution is -0.384. The van der Waals surface area contributed by atoms with Crippen LogP contribution in [-0.2, 0) is 9.47 Å². The van der Waals surface area contributed by atoms with Gasteiger partial charge < -0.3 is 9.47 Å². The molecule has 0 saturated carbocycles. The first-order valence-corrected chi connectivity index (χ1v) is 6.20. The smallest absolute Gasteiger partial charge is 0.338 e. The van der Waals surface area contributed by atoms with Crippen molar-refractivity contribution in [1.29, 1.82) is 0 Å². The van der Waals surface area contributed by atoms with E-state index in [1.165, 1.54) is 24.3 Å². The molecule has 1 aliphatic heterocycles. The van der Waals surface area contributed by atoms with Crippen molar-refractivity contribution in [2.45, 2.75) is 25.4 Å². The monoisotopic (exact) mass is 265 g/mol. The van der Waals surface area contributed by atoms with Gasteiger partial charge in [-0.05, 0) is 25.0 Å². The predicted octanol–water partition coefficient (Wildman–Crippen LogP) is 2.32. The van der Waals surface area contributed by atoms with Crippen LogP contribution >= 0.6 is 0 Å². The van der Waals surface area contributed by atoms with Crippen LogP contribution in [0, 0.1) is 10.1 Å². The maximum Gasteiger partial charge on any atom is 0.338 e. The second-order valence-electron chi connectivity index (χ2n) is 4.36. The summed E-state index contributed by atoms with van der Waals surface area (Å²) in [6, 6.07) is 5.37. The zero-order chi connectivity index (χ0) is 13.7. The maximum atomic E-state index is 11.7. The van der Waals surface area contributed by atoms with Crippen molar-refractivity contribution in [3.05, 3.63) is 39.9 Å². The van der Waals surface area contributed by atoms with Crippen LogP contribution in [0.15, 0.2) is 24.3 Å². The second kappa shape index (κ2) is 6.29. The fraction of sp³-hybridized carbons (Fsp3) is 0.462. The van der Waals surface area contributed by atoms with E-state index in [0.29, 0.717) is 18.6 Å². The first kappa shape index (κ1) is 13.5. The third-order valence-electron chi connectivity index (χ3n) is 3.01. The fourth-order valence-corrected chi connectivity index (χ4v) is 1.96. The molecule has 1 heterocycles. The molecule has 1 atom stereocenters. The Morgan fingerprint density at radius 1 is 1.42 bits per heavy atom. The molecule has 6 nitrogen and oxygen atoms in total. The highest BCUT2D eigenvalue weighted by molar-refractivity contribution is 5.89. The molecular formula is C13H15NO5. The van der Waals surface area contributed by atoms with Crippen LogP contribution in [0.3, 0.4) is 0 Å². The molecule has 0 spiro atoms. The molecule has 2 rings (SSSR count). The Bertz CT molecular complexity index is 451. The number of nitro groups is 1. The number of hydrogen-bond acceptors (Lipinski definition) is 5. The SMILES string of the molecule is O=C(OCCC1CCCO1)c1ccc([N+](=O)[O-])cc1. The lowest BCUT2D eigenvalue weighted by Gasteiger charge is -2.09. The van der Waals surface area contributed by atoms with Crippen LogP contribution in [-0.4, -0.2) is 30.2 Å². The highest BCUT2D eigenvalue weighted by Gasteiger charge is 2.16. The Morgan fingerprint density at radius 2 is 2.16 bits per heavy atom. The number of non-ortho nitro benzene ring substituents is 1. The Morgan fingerprint density at radius 3 is 2.74 bits per heavy atom. The molecule has 0 N–H and O–H groups in total. The molecule has 1 fully saturated rings. The van der Waals surface area contributed by atoms with E-state index in [-0.39, 0.29) is 11.8 Å². The summed E-state index contributed by atoms with van der Waals surface area (Å²) in [7, 11) is 0. The predicted molar refractivity (Wildman–Crippen MR) is 67.0 cm³/mol. The van der Waals surface area contributed by atoms with Gasteiger partial charge in [0.1, 0.15) is 0 Å². The molecule has 1 saturated heterocycles. The van der Waals surface area contributed by atoms with Crippen LogP contribution in [0.4, 0.5) is 5.69 Å². The first-order chi connectivity index (χ1) is 9.16. The van der Waals surface area contributed by atoms with Crippen molar-refractivity contribution in [1.82, 2.24) is 0 Å². The van der Waals surface area contributed by atoms with Gasteiger partial charge in [0.25, 0.3) is 5.69 Å². The van der Waals surface area contributed by atoms with Crippen LogP contribution < -0.4 is 0 Å².